The predicted molar refractivity (Wildman–Crippen MR) is 81.8 cm³/mol. The van der Waals surface area contributed by atoms with Gasteiger partial charge in [-0.25, -0.2) is 0 Å². The Kier molecular flexibility index (Phi) is 2.55. The van der Waals surface area contributed by atoms with Crippen molar-refractivity contribution >= 4 is 15.9 Å². The fourth-order valence-electron chi connectivity index (χ4n) is 5.30. The van der Waals surface area contributed by atoms with E-state index in [1.54, 1.807) is 0 Å². The zero-order valence-corrected chi connectivity index (χ0v) is 13.2. The van der Waals surface area contributed by atoms with Crippen LogP contribution in [-0.4, -0.2) is 12.6 Å². The molecule has 5 rings (SSSR count). The average Bonchev–Trinajstić information content (AvgIpc) is 2.86. The first kappa shape index (κ1) is 12.0. The van der Waals surface area contributed by atoms with Crippen molar-refractivity contribution in [3.05, 3.63) is 27.7 Å². The van der Waals surface area contributed by atoms with Crippen molar-refractivity contribution in [2.45, 2.75) is 38.3 Å². The van der Waals surface area contributed by atoms with Crippen LogP contribution in [0.4, 0.5) is 0 Å². The van der Waals surface area contributed by atoms with Crippen LogP contribution in [0.3, 0.4) is 0 Å². The first-order valence-corrected chi connectivity index (χ1v) is 8.78. The Morgan fingerprint density at radius 1 is 1.20 bits per heavy atom. The van der Waals surface area contributed by atoms with Crippen LogP contribution < -0.4 is 10.1 Å². The summed E-state index contributed by atoms with van der Waals surface area (Å²) in [5.74, 6) is 5.26. The van der Waals surface area contributed by atoms with Gasteiger partial charge >= 0.3 is 0 Å². The molecule has 2 bridgehead atoms. The molecule has 0 amide bonds. The van der Waals surface area contributed by atoms with Crippen LogP contribution in [0.2, 0.25) is 0 Å². The molecule has 1 aromatic rings. The van der Waals surface area contributed by atoms with Crippen molar-refractivity contribution in [1.82, 2.24) is 5.32 Å². The van der Waals surface area contributed by atoms with Crippen LogP contribution in [0.25, 0.3) is 0 Å². The lowest BCUT2D eigenvalue weighted by molar-refractivity contribution is 0.351. The lowest BCUT2D eigenvalue weighted by Gasteiger charge is -2.13. The molecule has 20 heavy (non-hydrogen) atoms. The van der Waals surface area contributed by atoms with Crippen LogP contribution in [0.5, 0.6) is 5.75 Å². The number of hydrogen-bond acceptors (Lipinski definition) is 2. The van der Waals surface area contributed by atoms with Crippen molar-refractivity contribution in [2.75, 3.05) is 6.61 Å². The van der Waals surface area contributed by atoms with Crippen molar-refractivity contribution in [2.24, 2.45) is 23.7 Å². The molecule has 0 aromatic heterocycles. The van der Waals surface area contributed by atoms with Gasteiger partial charge in [0.25, 0.3) is 0 Å². The largest absolute Gasteiger partial charge is 0.493 e. The van der Waals surface area contributed by atoms with Gasteiger partial charge in [0.1, 0.15) is 5.75 Å². The van der Waals surface area contributed by atoms with E-state index in [9.17, 15) is 0 Å². The lowest BCUT2D eigenvalue weighted by Crippen LogP contribution is -2.22. The first-order chi connectivity index (χ1) is 9.81. The molecule has 1 aromatic carbocycles. The summed E-state index contributed by atoms with van der Waals surface area (Å²) in [7, 11) is 0. The normalized spacial score (nSPS) is 39.5. The summed E-state index contributed by atoms with van der Waals surface area (Å²) in [5, 5.41) is 3.83. The second-order valence-corrected chi connectivity index (χ2v) is 7.96. The monoisotopic (exact) mass is 333 g/mol. The molecule has 3 fully saturated rings. The molecule has 1 heterocycles. The van der Waals surface area contributed by atoms with Crippen LogP contribution in [0.1, 0.15) is 30.4 Å². The molecular weight excluding hydrogens is 314 g/mol. The van der Waals surface area contributed by atoms with E-state index in [0.29, 0.717) is 0 Å². The van der Waals surface area contributed by atoms with Gasteiger partial charge in [-0.1, -0.05) is 15.9 Å². The Labute approximate surface area is 128 Å². The standard InChI is InChI=1S/C17H20BrNO/c18-13-6-11-3-4-20-17(11)12(7-13)8-19-16-14-9-1-2-10(5-9)15(14)16/h6-7,9-10,14-16,19H,1-5,8H2. The second kappa shape index (κ2) is 4.23. The minimum atomic E-state index is 0.803. The van der Waals surface area contributed by atoms with Crippen LogP contribution >= 0.6 is 15.9 Å². The molecule has 4 atom stereocenters. The maximum Gasteiger partial charge on any atom is 0.127 e. The highest BCUT2D eigenvalue weighted by molar-refractivity contribution is 9.10. The third-order valence-corrected chi connectivity index (χ3v) is 6.55. The van der Waals surface area contributed by atoms with E-state index in [2.05, 4.69) is 33.4 Å². The summed E-state index contributed by atoms with van der Waals surface area (Å²) in [5.41, 5.74) is 2.71. The molecular formula is C17H20BrNO. The zero-order valence-electron chi connectivity index (χ0n) is 11.6. The first-order valence-electron chi connectivity index (χ1n) is 7.99. The van der Waals surface area contributed by atoms with Crippen molar-refractivity contribution in [1.29, 1.82) is 0 Å². The Balaban J connectivity index is 1.32. The minimum Gasteiger partial charge on any atom is -0.493 e. The van der Waals surface area contributed by atoms with Gasteiger partial charge in [0, 0.05) is 29.0 Å². The molecule has 106 valence electrons. The molecule has 3 heteroatoms. The molecule has 0 saturated heterocycles. The number of hydrogen-bond donors (Lipinski definition) is 1. The van der Waals surface area contributed by atoms with E-state index in [0.717, 1.165) is 55.0 Å². The van der Waals surface area contributed by atoms with Crippen LogP contribution in [0.15, 0.2) is 16.6 Å². The highest BCUT2D eigenvalue weighted by Crippen LogP contribution is 2.65. The third-order valence-electron chi connectivity index (χ3n) is 6.09. The summed E-state index contributed by atoms with van der Waals surface area (Å²) in [4.78, 5) is 0. The van der Waals surface area contributed by atoms with E-state index in [4.69, 9.17) is 4.74 Å². The zero-order chi connectivity index (χ0) is 13.3. The number of nitrogens with one attached hydrogen (secondary N) is 1. The third kappa shape index (κ3) is 1.66. The molecule has 0 radical (unpaired) electrons. The smallest absolute Gasteiger partial charge is 0.127 e. The highest BCUT2D eigenvalue weighted by atomic mass is 79.9. The van der Waals surface area contributed by atoms with E-state index >= 15 is 0 Å². The van der Waals surface area contributed by atoms with Gasteiger partial charge in [-0.3, -0.25) is 0 Å². The number of rotatable bonds is 3. The predicted octanol–water partition coefficient (Wildman–Crippen LogP) is 3.52. The molecule has 4 unspecified atom stereocenters. The van der Waals surface area contributed by atoms with Gasteiger partial charge in [0.05, 0.1) is 6.61 Å². The van der Waals surface area contributed by atoms with Crippen LogP contribution in [-0.2, 0) is 13.0 Å². The lowest BCUT2D eigenvalue weighted by atomic mass is 10.0. The molecule has 4 aliphatic rings. The summed E-state index contributed by atoms with van der Waals surface area (Å²) in [6, 6.07) is 5.24. The molecule has 3 aliphatic carbocycles. The van der Waals surface area contributed by atoms with Gasteiger partial charge in [0.15, 0.2) is 0 Å². The number of halogens is 1. The molecule has 3 saturated carbocycles. The SMILES string of the molecule is Brc1cc2c(c(CNC3C4C5CCC(C5)C34)c1)OCC2. The van der Waals surface area contributed by atoms with Crippen LogP contribution in [0, 0.1) is 23.7 Å². The summed E-state index contributed by atoms with van der Waals surface area (Å²) in [6.45, 7) is 1.82. The Hall–Kier alpha value is -0.540. The Morgan fingerprint density at radius 2 is 2.00 bits per heavy atom. The van der Waals surface area contributed by atoms with Crippen molar-refractivity contribution < 1.29 is 4.74 Å². The maximum absolute atomic E-state index is 5.83. The quantitative estimate of drug-likeness (QED) is 0.913. The number of benzene rings is 1. The molecule has 1 N–H and O–H groups in total. The van der Waals surface area contributed by atoms with E-state index in [-0.39, 0.29) is 0 Å². The molecule has 2 nitrogen and oxygen atoms in total. The number of ether oxygens (including phenoxy) is 1. The minimum absolute atomic E-state index is 0.803. The van der Waals surface area contributed by atoms with Gasteiger partial charge in [0.2, 0.25) is 0 Å². The number of fused-ring (bicyclic) bond motifs is 6. The average molecular weight is 334 g/mol. The fraction of sp³-hybridized carbons (Fsp3) is 0.647. The summed E-state index contributed by atoms with van der Waals surface area (Å²) >= 11 is 3.63. The molecule has 0 spiro atoms. The van der Waals surface area contributed by atoms with Crippen molar-refractivity contribution in [3.8, 4) is 5.75 Å². The highest BCUT2D eigenvalue weighted by Gasteiger charge is 2.64. The van der Waals surface area contributed by atoms with Crippen molar-refractivity contribution in [3.63, 3.8) is 0 Å². The summed E-state index contributed by atoms with van der Waals surface area (Å²) < 4.78 is 7.01. The fourth-order valence-corrected chi connectivity index (χ4v) is 5.86. The molecule has 1 aliphatic heterocycles. The topological polar surface area (TPSA) is 21.3 Å². The Bertz CT molecular complexity index is 556. The van der Waals surface area contributed by atoms with E-state index in [1.807, 2.05) is 0 Å². The van der Waals surface area contributed by atoms with Gasteiger partial charge in [-0.05, 0) is 60.6 Å². The second-order valence-electron chi connectivity index (χ2n) is 7.05. The summed E-state index contributed by atoms with van der Waals surface area (Å²) in [6.07, 6.45) is 5.59. The van der Waals surface area contributed by atoms with E-state index in [1.165, 1.54) is 34.9 Å². The Morgan fingerprint density at radius 3 is 2.80 bits per heavy atom. The maximum atomic E-state index is 5.83. The van der Waals surface area contributed by atoms with Gasteiger partial charge in [-0.15, -0.1) is 0 Å². The van der Waals surface area contributed by atoms with Gasteiger partial charge in [-0.2, -0.15) is 0 Å². The van der Waals surface area contributed by atoms with Gasteiger partial charge < -0.3 is 10.1 Å². The van der Waals surface area contributed by atoms with E-state index < -0.39 is 0 Å².